The van der Waals surface area contributed by atoms with Crippen LogP contribution in [0.3, 0.4) is 0 Å². The molecule has 0 spiro atoms. The van der Waals surface area contributed by atoms with Gasteiger partial charge in [-0.05, 0) is 0 Å². The van der Waals surface area contributed by atoms with Gasteiger partial charge in [-0.1, -0.05) is 6.92 Å². The van der Waals surface area contributed by atoms with Crippen LogP contribution in [0.4, 0.5) is 4.39 Å². The van der Waals surface area contributed by atoms with E-state index in [2.05, 4.69) is 0 Å². The number of aliphatic hydroxyl groups excluding tert-OH is 1. The Morgan fingerprint density at radius 2 is 2.40 bits per heavy atom. The lowest BCUT2D eigenvalue weighted by Crippen LogP contribution is -2.38. The summed E-state index contributed by atoms with van der Waals surface area (Å²) < 4.78 is 17.9. The molecule has 1 aliphatic heterocycles. The number of rotatable bonds is 1. The van der Waals surface area contributed by atoms with Crippen molar-refractivity contribution < 1.29 is 14.2 Å². The predicted octanol–water partition coefficient (Wildman–Crippen LogP) is 0.742. The molecule has 2 nitrogen and oxygen atoms in total. The highest BCUT2D eigenvalue weighted by atomic mass is 19.1. The molecular formula is C7H13FO2. The second kappa shape index (κ2) is 3.30. The van der Waals surface area contributed by atoms with Gasteiger partial charge in [-0.25, -0.2) is 4.39 Å². The van der Waals surface area contributed by atoms with Crippen LogP contribution >= 0.6 is 0 Å². The molecule has 3 unspecified atom stereocenters. The van der Waals surface area contributed by atoms with Crippen LogP contribution in [0.1, 0.15) is 13.3 Å². The van der Waals surface area contributed by atoms with Crippen LogP contribution in [-0.4, -0.2) is 30.6 Å². The Morgan fingerprint density at radius 3 is 2.90 bits per heavy atom. The smallest absolute Gasteiger partial charge is 0.107 e. The van der Waals surface area contributed by atoms with E-state index in [-0.39, 0.29) is 18.6 Å². The minimum absolute atomic E-state index is 0.0679. The van der Waals surface area contributed by atoms with E-state index >= 15 is 0 Å². The quantitative estimate of drug-likeness (QED) is 0.594. The van der Waals surface area contributed by atoms with Crippen molar-refractivity contribution in [3.63, 3.8) is 0 Å². The van der Waals surface area contributed by atoms with Gasteiger partial charge in [-0.2, -0.15) is 0 Å². The number of hydrogen-bond acceptors (Lipinski definition) is 2. The Balaban J connectivity index is 2.42. The van der Waals surface area contributed by atoms with Crippen molar-refractivity contribution in [1.82, 2.24) is 0 Å². The van der Waals surface area contributed by atoms with Crippen LogP contribution in [0.5, 0.6) is 0 Å². The summed E-state index contributed by atoms with van der Waals surface area (Å²) in [7, 11) is 0. The third-order valence-electron chi connectivity index (χ3n) is 2.06. The summed E-state index contributed by atoms with van der Waals surface area (Å²) in [6.45, 7) is 2.14. The van der Waals surface area contributed by atoms with Crippen molar-refractivity contribution in [3.8, 4) is 0 Å². The van der Waals surface area contributed by atoms with E-state index in [9.17, 15) is 4.39 Å². The molecule has 0 radical (unpaired) electrons. The number of alkyl halides is 1. The predicted molar refractivity (Wildman–Crippen MR) is 35.5 cm³/mol. The standard InChI is InChI=1S/C7H13FO2/c1-5-6(8)2-3-10-7(5)4-9/h5-7,9H,2-4H2,1H3. The van der Waals surface area contributed by atoms with Crippen molar-refractivity contribution in [2.75, 3.05) is 13.2 Å². The molecule has 0 aromatic rings. The SMILES string of the molecule is CC1C(F)CCOC1CO. The van der Waals surface area contributed by atoms with Crippen molar-refractivity contribution in [3.05, 3.63) is 0 Å². The fraction of sp³-hybridized carbons (Fsp3) is 1.00. The molecule has 1 heterocycles. The second-order valence-corrected chi connectivity index (χ2v) is 2.76. The zero-order valence-electron chi connectivity index (χ0n) is 6.09. The maximum atomic E-state index is 12.8. The van der Waals surface area contributed by atoms with Crippen molar-refractivity contribution in [1.29, 1.82) is 0 Å². The van der Waals surface area contributed by atoms with Crippen molar-refractivity contribution in [2.45, 2.75) is 25.6 Å². The molecule has 1 aliphatic rings. The number of halogens is 1. The molecule has 10 heavy (non-hydrogen) atoms. The second-order valence-electron chi connectivity index (χ2n) is 2.76. The van der Waals surface area contributed by atoms with Gasteiger partial charge in [-0.15, -0.1) is 0 Å². The minimum atomic E-state index is -0.800. The minimum Gasteiger partial charge on any atom is -0.394 e. The number of hydrogen-bond donors (Lipinski definition) is 1. The molecule has 0 saturated carbocycles. The van der Waals surface area contributed by atoms with E-state index in [1.54, 1.807) is 6.92 Å². The Kier molecular flexibility index (Phi) is 2.63. The average molecular weight is 148 g/mol. The Bertz CT molecular complexity index is 108. The summed E-state index contributed by atoms with van der Waals surface area (Å²) in [6, 6.07) is 0. The highest BCUT2D eigenvalue weighted by molar-refractivity contribution is 4.77. The zero-order valence-corrected chi connectivity index (χ0v) is 6.09. The monoisotopic (exact) mass is 148 g/mol. The molecule has 0 aromatic heterocycles. The van der Waals surface area contributed by atoms with E-state index in [1.807, 2.05) is 0 Å². The third kappa shape index (κ3) is 1.47. The van der Waals surface area contributed by atoms with Crippen LogP contribution in [0.25, 0.3) is 0 Å². The first kappa shape index (κ1) is 7.95. The topological polar surface area (TPSA) is 29.5 Å². The van der Waals surface area contributed by atoms with E-state index in [0.717, 1.165) is 0 Å². The van der Waals surface area contributed by atoms with Gasteiger partial charge in [-0.3, -0.25) is 0 Å². The lowest BCUT2D eigenvalue weighted by atomic mass is 9.95. The van der Waals surface area contributed by atoms with E-state index in [1.165, 1.54) is 0 Å². The van der Waals surface area contributed by atoms with E-state index < -0.39 is 6.17 Å². The van der Waals surface area contributed by atoms with Crippen LogP contribution in [0, 0.1) is 5.92 Å². The molecule has 1 rings (SSSR count). The number of ether oxygens (including phenoxy) is 1. The van der Waals surface area contributed by atoms with Gasteiger partial charge in [0.1, 0.15) is 6.17 Å². The first-order chi connectivity index (χ1) is 4.75. The van der Waals surface area contributed by atoms with Crippen LogP contribution < -0.4 is 0 Å². The summed E-state index contributed by atoms with van der Waals surface area (Å²) in [4.78, 5) is 0. The lowest BCUT2D eigenvalue weighted by Gasteiger charge is -2.30. The normalized spacial score (nSPS) is 41.7. The van der Waals surface area contributed by atoms with Gasteiger partial charge in [0.2, 0.25) is 0 Å². The third-order valence-corrected chi connectivity index (χ3v) is 2.06. The molecule has 0 aromatic carbocycles. The lowest BCUT2D eigenvalue weighted by molar-refractivity contribution is -0.0815. The van der Waals surface area contributed by atoms with Crippen LogP contribution in [-0.2, 0) is 4.74 Å². The molecule has 0 aliphatic carbocycles. The fourth-order valence-electron chi connectivity index (χ4n) is 1.20. The molecule has 60 valence electrons. The van der Waals surface area contributed by atoms with E-state index in [0.29, 0.717) is 13.0 Å². The van der Waals surface area contributed by atoms with E-state index in [4.69, 9.17) is 9.84 Å². The summed E-state index contributed by atoms with van der Waals surface area (Å²) in [5.74, 6) is -0.154. The average Bonchev–Trinajstić information content (AvgIpc) is 1.95. The Morgan fingerprint density at radius 1 is 1.70 bits per heavy atom. The zero-order chi connectivity index (χ0) is 7.56. The molecule has 0 amide bonds. The largest absolute Gasteiger partial charge is 0.394 e. The number of aliphatic hydroxyl groups is 1. The highest BCUT2D eigenvalue weighted by Gasteiger charge is 2.29. The molecule has 1 fully saturated rings. The van der Waals surface area contributed by atoms with Crippen molar-refractivity contribution >= 4 is 0 Å². The maximum Gasteiger partial charge on any atom is 0.107 e. The van der Waals surface area contributed by atoms with Gasteiger partial charge in [0.25, 0.3) is 0 Å². The molecule has 0 bridgehead atoms. The Hall–Kier alpha value is -0.150. The van der Waals surface area contributed by atoms with Crippen LogP contribution in [0.15, 0.2) is 0 Å². The van der Waals surface area contributed by atoms with Gasteiger partial charge in [0.05, 0.1) is 12.7 Å². The van der Waals surface area contributed by atoms with Gasteiger partial charge >= 0.3 is 0 Å². The molecule has 3 heteroatoms. The van der Waals surface area contributed by atoms with Crippen molar-refractivity contribution in [2.24, 2.45) is 5.92 Å². The summed E-state index contributed by atoms with van der Waals surface area (Å²) in [6.07, 6.45) is -0.618. The first-order valence-corrected chi connectivity index (χ1v) is 3.62. The molecular weight excluding hydrogens is 135 g/mol. The summed E-state index contributed by atoms with van der Waals surface area (Å²) >= 11 is 0. The fourth-order valence-corrected chi connectivity index (χ4v) is 1.20. The Labute approximate surface area is 60.0 Å². The summed E-state index contributed by atoms with van der Waals surface area (Å²) in [5.41, 5.74) is 0. The summed E-state index contributed by atoms with van der Waals surface area (Å²) in [5, 5.41) is 8.69. The molecule has 3 atom stereocenters. The van der Waals surface area contributed by atoms with Gasteiger partial charge in [0, 0.05) is 18.9 Å². The maximum absolute atomic E-state index is 12.8. The van der Waals surface area contributed by atoms with Crippen LogP contribution in [0.2, 0.25) is 0 Å². The van der Waals surface area contributed by atoms with Gasteiger partial charge in [0.15, 0.2) is 0 Å². The van der Waals surface area contributed by atoms with Gasteiger partial charge < -0.3 is 9.84 Å². The molecule has 1 N–H and O–H groups in total. The molecule has 1 saturated heterocycles. The first-order valence-electron chi connectivity index (χ1n) is 3.62. The highest BCUT2D eigenvalue weighted by Crippen LogP contribution is 2.22.